The molecule has 2 atom stereocenters. The van der Waals surface area contributed by atoms with Crippen molar-refractivity contribution in [3.8, 4) is 0 Å². The van der Waals surface area contributed by atoms with Crippen LogP contribution in [0.4, 0.5) is 8.78 Å². The number of hydrogen-bond acceptors (Lipinski definition) is 4. The number of carboxylic acid groups (broad SMARTS) is 1. The minimum absolute atomic E-state index is 0.134. The highest BCUT2D eigenvalue weighted by Gasteiger charge is 2.31. The second kappa shape index (κ2) is 6.04. The van der Waals surface area contributed by atoms with Gasteiger partial charge in [-0.15, -0.1) is 0 Å². The molecule has 0 radical (unpaired) electrons. The average molecular weight is 321 g/mol. The molecule has 1 saturated heterocycles. The van der Waals surface area contributed by atoms with E-state index in [4.69, 9.17) is 9.84 Å². The van der Waals surface area contributed by atoms with Gasteiger partial charge in [0, 0.05) is 6.54 Å². The number of rotatable bonds is 5. The van der Waals surface area contributed by atoms with Crippen LogP contribution in [-0.4, -0.2) is 38.2 Å². The van der Waals surface area contributed by atoms with Crippen LogP contribution in [0.15, 0.2) is 23.1 Å². The standard InChI is InChI=1S/C12H13F2NO5S/c13-9-3-2-8(5-10(9)14)21(18,19)15-6-7-1-4-11(20-7)12(16)17/h2-3,5,7,11,15H,1,4,6H2,(H,16,17). The fraction of sp³-hybridized carbons (Fsp3) is 0.417. The van der Waals surface area contributed by atoms with Crippen molar-refractivity contribution in [2.75, 3.05) is 6.54 Å². The molecule has 116 valence electrons. The summed E-state index contributed by atoms with van der Waals surface area (Å²) in [6, 6.07) is 2.24. The first-order valence-electron chi connectivity index (χ1n) is 6.12. The number of benzene rings is 1. The van der Waals surface area contributed by atoms with Gasteiger partial charge < -0.3 is 9.84 Å². The van der Waals surface area contributed by atoms with E-state index in [2.05, 4.69) is 4.72 Å². The molecule has 0 aromatic heterocycles. The summed E-state index contributed by atoms with van der Waals surface area (Å²) in [4.78, 5) is 10.3. The zero-order valence-electron chi connectivity index (χ0n) is 10.8. The van der Waals surface area contributed by atoms with Crippen molar-refractivity contribution in [2.45, 2.75) is 29.9 Å². The van der Waals surface area contributed by atoms with Crippen molar-refractivity contribution in [2.24, 2.45) is 0 Å². The van der Waals surface area contributed by atoms with E-state index in [-0.39, 0.29) is 6.54 Å². The molecular weight excluding hydrogens is 308 g/mol. The van der Waals surface area contributed by atoms with Crippen LogP contribution >= 0.6 is 0 Å². The number of halogens is 2. The van der Waals surface area contributed by atoms with Crippen LogP contribution < -0.4 is 4.72 Å². The molecule has 2 rings (SSSR count). The molecule has 9 heteroatoms. The van der Waals surface area contributed by atoms with Crippen LogP contribution in [-0.2, 0) is 19.6 Å². The second-order valence-corrected chi connectivity index (χ2v) is 6.36. The van der Waals surface area contributed by atoms with E-state index in [1.807, 2.05) is 0 Å². The molecule has 1 aliphatic heterocycles. The molecule has 0 saturated carbocycles. The summed E-state index contributed by atoms with van der Waals surface area (Å²) in [5, 5.41) is 8.75. The number of carboxylic acids is 1. The molecule has 0 spiro atoms. The van der Waals surface area contributed by atoms with E-state index in [0.29, 0.717) is 18.9 Å². The maximum Gasteiger partial charge on any atom is 0.332 e. The van der Waals surface area contributed by atoms with Gasteiger partial charge in [0.2, 0.25) is 10.0 Å². The Kier molecular flexibility index (Phi) is 4.55. The number of aliphatic carboxylic acids is 1. The molecule has 21 heavy (non-hydrogen) atoms. The number of hydrogen-bond donors (Lipinski definition) is 2. The topological polar surface area (TPSA) is 92.7 Å². The summed E-state index contributed by atoms with van der Waals surface area (Å²) >= 11 is 0. The molecular formula is C12H13F2NO5S. The van der Waals surface area contributed by atoms with Crippen molar-refractivity contribution in [1.82, 2.24) is 4.72 Å². The Hall–Kier alpha value is -1.58. The monoisotopic (exact) mass is 321 g/mol. The average Bonchev–Trinajstić information content (AvgIpc) is 2.89. The van der Waals surface area contributed by atoms with E-state index in [0.717, 1.165) is 12.1 Å². The molecule has 0 aliphatic carbocycles. The Labute approximate surface area is 119 Å². The van der Waals surface area contributed by atoms with E-state index in [1.54, 1.807) is 0 Å². The van der Waals surface area contributed by atoms with Gasteiger partial charge in [0.25, 0.3) is 0 Å². The summed E-state index contributed by atoms with van der Waals surface area (Å²) in [7, 11) is -4.01. The molecule has 1 aromatic carbocycles. The lowest BCUT2D eigenvalue weighted by Crippen LogP contribution is -2.33. The van der Waals surface area contributed by atoms with Crippen molar-refractivity contribution in [3.05, 3.63) is 29.8 Å². The van der Waals surface area contributed by atoms with Crippen LogP contribution in [0.25, 0.3) is 0 Å². The van der Waals surface area contributed by atoms with Gasteiger partial charge in [0.15, 0.2) is 17.7 Å². The van der Waals surface area contributed by atoms with Crippen LogP contribution in [0.5, 0.6) is 0 Å². The fourth-order valence-corrected chi connectivity index (χ4v) is 3.05. The van der Waals surface area contributed by atoms with Gasteiger partial charge in [-0.1, -0.05) is 0 Å². The lowest BCUT2D eigenvalue weighted by atomic mass is 10.2. The first-order chi connectivity index (χ1) is 9.79. The van der Waals surface area contributed by atoms with Crippen LogP contribution in [0.3, 0.4) is 0 Å². The molecule has 0 bridgehead atoms. The minimum atomic E-state index is -4.01. The molecule has 1 aliphatic rings. The Morgan fingerprint density at radius 2 is 2.05 bits per heavy atom. The van der Waals surface area contributed by atoms with E-state index < -0.39 is 44.7 Å². The lowest BCUT2D eigenvalue weighted by Gasteiger charge is -2.12. The summed E-state index contributed by atoms with van der Waals surface area (Å²) in [5.74, 6) is -3.50. The van der Waals surface area contributed by atoms with E-state index in [1.165, 1.54) is 0 Å². The predicted molar refractivity (Wildman–Crippen MR) is 67.1 cm³/mol. The van der Waals surface area contributed by atoms with Crippen LogP contribution in [0, 0.1) is 11.6 Å². The Morgan fingerprint density at radius 1 is 1.33 bits per heavy atom. The van der Waals surface area contributed by atoms with Crippen molar-refractivity contribution in [3.63, 3.8) is 0 Å². The summed E-state index contributed by atoms with van der Waals surface area (Å²) in [6.45, 7) is -0.134. The van der Waals surface area contributed by atoms with Crippen molar-refractivity contribution >= 4 is 16.0 Å². The first kappa shape index (κ1) is 15.8. The van der Waals surface area contributed by atoms with Gasteiger partial charge in [-0.3, -0.25) is 0 Å². The Bertz CT molecular complexity index is 649. The van der Waals surface area contributed by atoms with E-state index >= 15 is 0 Å². The lowest BCUT2D eigenvalue weighted by molar-refractivity contribution is -0.149. The summed E-state index contributed by atoms with van der Waals surface area (Å²) in [5.41, 5.74) is 0. The number of carbonyl (C=O) groups is 1. The normalized spacial score (nSPS) is 22.4. The van der Waals surface area contributed by atoms with Gasteiger partial charge in [-0.25, -0.2) is 26.7 Å². The maximum atomic E-state index is 13.0. The third kappa shape index (κ3) is 3.74. The maximum absolute atomic E-state index is 13.0. The number of sulfonamides is 1. The highest BCUT2D eigenvalue weighted by atomic mass is 32.2. The second-order valence-electron chi connectivity index (χ2n) is 4.59. The van der Waals surface area contributed by atoms with Gasteiger partial charge in [-0.05, 0) is 31.0 Å². The quantitative estimate of drug-likeness (QED) is 0.840. The molecule has 2 unspecified atom stereocenters. The highest BCUT2D eigenvalue weighted by molar-refractivity contribution is 7.89. The number of nitrogens with one attached hydrogen (secondary N) is 1. The van der Waals surface area contributed by atoms with Gasteiger partial charge in [-0.2, -0.15) is 0 Å². The third-order valence-electron chi connectivity index (χ3n) is 3.09. The smallest absolute Gasteiger partial charge is 0.332 e. The largest absolute Gasteiger partial charge is 0.479 e. The molecule has 2 N–H and O–H groups in total. The van der Waals surface area contributed by atoms with Crippen LogP contribution in [0.1, 0.15) is 12.8 Å². The fourth-order valence-electron chi connectivity index (χ4n) is 1.97. The predicted octanol–water partition coefficient (Wildman–Crippen LogP) is 0.875. The highest BCUT2D eigenvalue weighted by Crippen LogP contribution is 2.20. The molecule has 6 nitrogen and oxygen atoms in total. The van der Waals surface area contributed by atoms with Crippen molar-refractivity contribution < 1.29 is 31.8 Å². The van der Waals surface area contributed by atoms with Gasteiger partial charge >= 0.3 is 5.97 Å². The SMILES string of the molecule is O=C(O)C1CCC(CNS(=O)(=O)c2ccc(F)c(F)c2)O1. The molecule has 0 amide bonds. The third-order valence-corrected chi connectivity index (χ3v) is 4.51. The Morgan fingerprint density at radius 3 is 2.62 bits per heavy atom. The summed E-state index contributed by atoms with van der Waals surface area (Å²) in [6.07, 6.45) is -0.807. The minimum Gasteiger partial charge on any atom is -0.479 e. The van der Waals surface area contributed by atoms with Gasteiger partial charge in [0.05, 0.1) is 11.0 Å². The van der Waals surface area contributed by atoms with Crippen molar-refractivity contribution in [1.29, 1.82) is 0 Å². The molecule has 1 heterocycles. The molecule has 1 aromatic rings. The number of ether oxygens (including phenoxy) is 1. The molecule has 1 fully saturated rings. The van der Waals surface area contributed by atoms with Crippen LogP contribution in [0.2, 0.25) is 0 Å². The first-order valence-corrected chi connectivity index (χ1v) is 7.61. The Balaban J connectivity index is 1.99. The van der Waals surface area contributed by atoms with Gasteiger partial charge in [0.1, 0.15) is 0 Å². The zero-order valence-corrected chi connectivity index (χ0v) is 11.6. The zero-order chi connectivity index (χ0) is 15.6. The summed E-state index contributed by atoms with van der Waals surface area (Å²) < 4.78 is 56.9. The van der Waals surface area contributed by atoms with E-state index in [9.17, 15) is 22.0 Å².